The third-order valence-electron chi connectivity index (χ3n) is 11.8. The molecular weight excluding hydrogens is 396 g/mol. The van der Waals surface area contributed by atoms with Gasteiger partial charge in [-0.15, -0.1) is 0 Å². The van der Waals surface area contributed by atoms with Gasteiger partial charge in [0, 0.05) is 0 Å². The molecule has 1 N–H and O–H groups in total. The molecule has 4 rings (SSSR count). The van der Waals surface area contributed by atoms with Crippen LogP contribution >= 0.6 is 0 Å². The molecule has 6 unspecified atom stereocenters. The normalized spacial score (nSPS) is 50.5. The Balaban J connectivity index is 1.55. The van der Waals surface area contributed by atoms with E-state index in [9.17, 15) is 5.11 Å². The molecule has 0 aliphatic heterocycles. The third-order valence-corrected chi connectivity index (χ3v) is 16.3. The summed E-state index contributed by atoms with van der Waals surface area (Å²) in [4.78, 5) is 0. The molecule has 4 saturated carbocycles. The lowest BCUT2D eigenvalue weighted by molar-refractivity contribution is -0.165. The number of fused-ring (bicyclic) bond motifs is 5. The Hall–Kier alpha value is 0.137. The fraction of sp³-hybridized carbons (Fsp3) is 1.00. The van der Waals surface area contributed by atoms with Crippen LogP contribution in [0.3, 0.4) is 0 Å². The molecule has 9 atom stereocenters. The van der Waals surface area contributed by atoms with Gasteiger partial charge in [-0.3, -0.25) is 0 Å². The zero-order valence-electron chi connectivity index (χ0n) is 22.2. The molecule has 0 heterocycles. The van der Waals surface area contributed by atoms with Gasteiger partial charge in [-0.2, -0.15) is 0 Å². The summed E-state index contributed by atoms with van der Waals surface area (Å²) in [5.74, 6) is 3.93. The maximum absolute atomic E-state index is 11.2. The molecule has 0 amide bonds. The Kier molecular flexibility index (Phi) is 5.93. The van der Waals surface area contributed by atoms with Crippen molar-refractivity contribution in [1.82, 2.24) is 0 Å². The van der Waals surface area contributed by atoms with Gasteiger partial charge >= 0.3 is 0 Å². The molecule has 0 bridgehead atoms. The van der Waals surface area contributed by atoms with Crippen LogP contribution in [-0.4, -0.2) is 25.1 Å². The van der Waals surface area contributed by atoms with Crippen molar-refractivity contribution in [3.05, 3.63) is 0 Å². The highest BCUT2D eigenvalue weighted by molar-refractivity contribution is 6.74. The van der Waals surface area contributed by atoms with E-state index in [1.54, 1.807) is 0 Å². The van der Waals surface area contributed by atoms with Gasteiger partial charge in [0.15, 0.2) is 8.32 Å². The Morgan fingerprint density at radius 3 is 2.16 bits per heavy atom. The van der Waals surface area contributed by atoms with E-state index < -0.39 is 13.9 Å². The van der Waals surface area contributed by atoms with E-state index in [0.29, 0.717) is 27.9 Å². The lowest BCUT2D eigenvalue weighted by Crippen LogP contribution is -2.57. The summed E-state index contributed by atoms with van der Waals surface area (Å²) in [6.45, 7) is 21.6. The fourth-order valence-corrected chi connectivity index (χ4v) is 10.4. The minimum atomic E-state index is -1.73. The fourth-order valence-electron chi connectivity index (χ4n) is 8.92. The minimum Gasteiger partial charge on any atom is -0.413 e. The molecule has 4 aliphatic carbocycles. The van der Waals surface area contributed by atoms with Crippen LogP contribution in [0, 0.1) is 40.4 Å². The quantitative estimate of drug-likeness (QED) is 0.446. The van der Waals surface area contributed by atoms with Crippen molar-refractivity contribution in [3.8, 4) is 0 Å². The molecular formula is C28H52O2Si. The monoisotopic (exact) mass is 448 g/mol. The van der Waals surface area contributed by atoms with Crippen LogP contribution in [0.5, 0.6) is 0 Å². The van der Waals surface area contributed by atoms with E-state index in [0.717, 1.165) is 36.5 Å². The van der Waals surface area contributed by atoms with Gasteiger partial charge in [0.2, 0.25) is 0 Å². The lowest BCUT2D eigenvalue weighted by Gasteiger charge is -2.62. The molecule has 4 aliphatic rings. The number of aliphatic hydroxyl groups is 1. The van der Waals surface area contributed by atoms with Crippen LogP contribution in [0.15, 0.2) is 0 Å². The summed E-state index contributed by atoms with van der Waals surface area (Å²) in [5, 5.41) is 11.5. The SMILES string of the molecule is CCC1C[C@@H]2C3CC[C@]4(C)C(O[Si](C)(C)C(C)(C)C)CCC4[C@@H]3CCC2(C)CC1(C)O. The van der Waals surface area contributed by atoms with Crippen LogP contribution in [-0.2, 0) is 4.43 Å². The predicted octanol–water partition coefficient (Wildman–Crippen LogP) is 7.81. The van der Waals surface area contributed by atoms with Crippen molar-refractivity contribution in [2.45, 2.75) is 136 Å². The summed E-state index contributed by atoms with van der Waals surface area (Å²) in [5.41, 5.74) is 0.264. The van der Waals surface area contributed by atoms with Gasteiger partial charge in [-0.05, 0) is 117 Å². The first kappa shape index (κ1) is 24.3. The maximum atomic E-state index is 11.2. The molecule has 31 heavy (non-hydrogen) atoms. The smallest absolute Gasteiger partial charge is 0.192 e. The van der Waals surface area contributed by atoms with Crippen LogP contribution in [0.1, 0.15) is 106 Å². The molecule has 0 aromatic rings. The number of hydrogen-bond donors (Lipinski definition) is 1. The van der Waals surface area contributed by atoms with Gasteiger partial charge in [-0.25, -0.2) is 0 Å². The molecule has 0 radical (unpaired) electrons. The highest BCUT2D eigenvalue weighted by Gasteiger charge is 2.62. The van der Waals surface area contributed by atoms with Crippen molar-refractivity contribution in [3.63, 3.8) is 0 Å². The first-order chi connectivity index (χ1) is 14.1. The van der Waals surface area contributed by atoms with E-state index in [1.165, 1.54) is 44.9 Å². The molecule has 0 aromatic heterocycles. The van der Waals surface area contributed by atoms with E-state index in [1.807, 2.05) is 0 Å². The second kappa shape index (κ2) is 7.57. The Morgan fingerprint density at radius 2 is 1.55 bits per heavy atom. The van der Waals surface area contributed by atoms with Crippen molar-refractivity contribution in [2.24, 2.45) is 40.4 Å². The summed E-state index contributed by atoms with van der Waals surface area (Å²) in [6, 6.07) is 0. The van der Waals surface area contributed by atoms with Gasteiger partial charge in [0.25, 0.3) is 0 Å². The standard InChI is InChI=1S/C28H52O2Si/c1-10-19-17-23-21-14-16-27(6)22(11-12-24(27)30-31(8,9)25(2,3)4)20(21)13-15-26(23,5)18-28(19,7)29/h19-24,29H,10-18H2,1-9H3/t19?,20-,21?,22?,23-,24?,26?,27+,28?/m1/s1. The first-order valence-corrected chi connectivity index (χ1v) is 16.5. The van der Waals surface area contributed by atoms with E-state index in [2.05, 4.69) is 61.6 Å². The second-order valence-corrected chi connectivity index (χ2v) is 19.4. The Morgan fingerprint density at radius 1 is 0.935 bits per heavy atom. The van der Waals surface area contributed by atoms with E-state index >= 15 is 0 Å². The summed E-state index contributed by atoms with van der Waals surface area (Å²) >= 11 is 0. The lowest BCUT2D eigenvalue weighted by atomic mass is 9.44. The maximum Gasteiger partial charge on any atom is 0.192 e. The molecule has 0 aromatic carbocycles. The first-order valence-electron chi connectivity index (χ1n) is 13.5. The van der Waals surface area contributed by atoms with Crippen LogP contribution in [0.4, 0.5) is 0 Å². The largest absolute Gasteiger partial charge is 0.413 e. The van der Waals surface area contributed by atoms with Crippen LogP contribution in [0.25, 0.3) is 0 Å². The van der Waals surface area contributed by atoms with Crippen LogP contribution < -0.4 is 0 Å². The number of hydrogen-bond acceptors (Lipinski definition) is 2. The zero-order valence-corrected chi connectivity index (χ0v) is 23.2. The molecule has 2 nitrogen and oxygen atoms in total. The average molecular weight is 449 g/mol. The molecule has 180 valence electrons. The highest BCUT2D eigenvalue weighted by atomic mass is 28.4. The van der Waals surface area contributed by atoms with Crippen molar-refractivity contribution in [2.75, 3.05) is 0 Å². The summed E-state index contributed by atoms with van der Waals surface area (Å²) in [6.07, 6.45) is 12.0. The van der Waals surface area contributed by atoms with Crippen molar-refractivity contribution in [1.29, 1.82) is 0 Å². The zero-order chi connectivity index (χ0) is 23.0. The van der Waals surface area contributed by atoms with Crippen LogP contribution in [0.2, 0.25) is 18.1 Å². The molecule has 0 spiro atoms. The Bertz CT molecular complexity index is 679. The minimum absolute atomic E-state index is 0.291. The summed E-state index contributed by atoms with van der Waals surface area (Å²) < 4.78 is 7.11. The van der Waals surface area contributed by atoms with Gasteiger partial charge in [0.05, 0.1) is 11.7 Å². The topological polar surface area (TPSA) is 29.5 Å². The molecule has 0 saturated heterocycles. The number of rotatable bonds is 3. The summed E-state index contributed by atoms with van der Waals surface area (Å²) in [7, 11) is -1.73. The van der Waals surface area contributed by atoms with E-state index in [-0.39, 0.29) is 0 Å². The molecule has 4 fully saturated rings. The highest BCUT2D eigenvalue weighted by Crippen LogP contribution is 2.67. The second-order valence-electron chi connectivity index (χ2n) is 14.6. The van der Waals surface area contributed by atoms with Gasteiger partial charge < -0.3 is 9.53 Å². The van der Waals surface area contributed by atoms with E-state index in [4.69, 9.17) is 4.43 Å². The van der Waals surface area contributed by atoms with Gasteiger partial charge in [-0.1, -0.05) is 48.0 Å². The van der Waals surface area contributed by atoms with Crippen molar-refractivity contribution >= 4 is 8.32 Å². The third kappa shape index (κ3) is 3.81. The average Bonchev–Trinajstić information content (AvgIpc) is 2.95. The van der Waals surface area contributed by atoms with Crippen molar-refractivity contribution < 1.29 is 9.53 Å². The molecule has 3 heteroatoms. The van der Waals surface area contributed by atoms with Gasteiger partial charge in [0.1, 0.15) is 0 Å². The predicted molar refractivity (Wildman–Crippen MR) is 134 cm³/mol. The Labute approximate surface area is 194 Å².